The van der Waals surface area contributed by atoms with E-state index in [1.54, 1.807) is 6.92 Å². The lowest BCUT2D eigenvalue weighted by Crippen LogP contribution is -2.46. The molecule has 1 N–H and O–H groups in total. The van der Waals surface area contributed by atoms with Crippen molar-refractivity contribution < 1.29 is 9.21 Å². The Kier molecular flexibility index (Phi) is 5.21. The molecule has 1 fully saturated rings. The molecular weight excluding hydrogens is 326 g/mol. The molecule has 2 aromatic rings. The molecular formula is C18H22ClN3O2. The zero-order valence-electron chi connectivity index (χ0n) is 14.0. The predicted octanol–water partition coefficient (Wildman–Crippen LogP) is 3.40. The second kappa shape index (κ2) is 7.36. The van der Waals surface area contributed by atoms with Gasteiger partial charge in [0, 0.05) is 30.1 Å². The molecule has 1 aliphatic rings. The lowest BCUT2D eigenvalue weighted by Gasteiger charge is -2.32. The summed E-state index contributed by atoms with van der Waals surface area (Å²) in [5, 5.41) is 3.70. The monoisotopic (exact) mass is 347 g/mol. The van der Waals surface area contributed by atoms with Crippen LogP contribution in [0.15, 0.2) is 28.7 Å². The third-order valence-electron chi connectivity index (χ3n) is 4.22. The van der Waals surface area contributed by atoms with Crippen molar-refractivity contribution >= 4 is 17.5 Å². The molecule has 0 saturated carbocycles. The fraction of sp³-hybridized carbons (Fsp3) is 0.444. The number of benzene rings is 1. The minimum absolute atomic E-state index is 0.0267. The largest absolute Gasteiger partial charge is 0.439 e. The van der Waals surface area contributed by atoms with Crippen LogP contribution in [-0.2, 0) is 11.3 Å². The SMILES string of the molecule is CC(=O)N[C@@H]1CCCN(Cc2nc(C)c(-c3ccc(Cl)cc3)o2)C1. The summed E-state index contributed by atoms with van der Waals surface area (Å²) < 4.78 is 5.98. The van der Waals surface area contributed by atoms with Crippen LogP contribution in [0.25, 0.3) is 11.3 Å². The third kappa shape index (κ3) is 4.16. The molecule has 24 heavy (non-hydrogen) atoms. The number of piperidine rings is 1. The highest BCUT2D eigenvalue weighted by Crippen LogP contribution is 2.26. The fourth-order valence-corrected chi connectivity index (χ4v) is 3.31. The molecule has 1 aliphatic heterocycles. The highest BCUT2D eigenvalue weighted by atomic mass is 35.5. The van der Waals surface area contributed by atoms with Crippen LogP contribution in [0.5, 0.6) is 0 Å². The van der Waals surface area contributed by atoms with Crippen molar-refractivity contribution in [2.45, 2.75) is 39.3 Å². The number of halogens is 1. The summed E-state index contributed by atoms with van der Waals surface area (Å²) in [4.78, 5) is 18.1. The molecule has 1 amide bonds. The van der Waals surface area contributed by atoms with Gasteiger partial charge in [0.15, 0.2) is 5.76 Å². The topological polar surface area (TPSA) is 58.4 Å². The average molecular weight is 348 g/mol. The zero-order chi connectivity index (χ0) is 17.1. The van der Waals surface area contributed by atoms with Gasteiger partial charge in [0.1, 0.15) is 0 Å². The maximum Gasteiger partial charge on any atom is 0.217 e. The van der Waals surface area contributed by atoms with E-state index in [4.69, 9.17) is 16.0 Å². The van der Waals surface area contributed by atoms with Gasteiger partial charge in [0.25, 0.3) is 0 Å². The molecule has 0 radical (unpaired) electrons. The van der Waals surface area contributed by atoms with E-state index in [1.807, 2.05) is 31.2 Å². The van der Waals surface area contributed by atoms with E-state index < -0.39 is 0 Å². The molecule has 3 rings (SSSR count). The second-order valence-corrected chi connectivity index (χ2v) is 6.74. The fourth-order valence-electron chi connectivity index (χ4n) is 3.18. The summed E-state index contributed by atoms with van der Waals surface area (Å²) in [6, 6.07) is 7.78. The lowest BCUT2D eigenvalue weighted by molar-refractivity contribution is -0.120. The summed E-state index contributed by atoms with van der Waals surface area (Å²) in [7, 11) is 0. The van der Waals surface area contributed by atoms with Crippen molar-refractivity contribution in [1.29, 1.82) is 0 Å². The van der Waals surface area contributed by atoms with Crippen LogP contribution in [0.4, 0.5) is 0 Å². The molecule has 0 bridgehead atoms. The minimum Gasteiger partial charge on any atom is -0.439 e. The van der Waals surface area contributed by atoms with Crippen molar-refractivity contribution in [3.8, 4) is 11.3 Å². The second-order valence-electron chi connectivity index (χ2n) is 6.30. The number of aromatic nitrogens is 1. The molecule has 5 nitrogen and oxygen atoms in total. The summed E-state index contributed by atoms with van der Waals surface area (Å²) in [6.07, 6.45) is 2.09. The van der Waals surface area contributed by atoms with Crippen molar-refractivity contribution in [2.24, 2.45) is 0 Å². The van der Waals surface area contributed by atoms with Gasteiger partial charge in [-0.1, -0.05) is 11.6 Å². The number of likely N-dealkylation sites (tertiary alicyclic amines) is 1. The van der Waals surface area contributed by atoms with E-state index in [-0.39, 0.29) is 11.9 Å². The van der Waals surface area contributed by atoms with E-state index in [1.165, 1.54) is 0 Å². The van der Waals surface area contributed by atoms with E-state index >= 15 is 0 Å². The number of oxazole rings is 1. The number of carbonyl (C=O) groups is 1. The van der Waals surface area contributed by atoms with E-state index in [0.717, 1.165) is 42.9 Å². The van der Waals surface area contributed by atoms with Crippen LogP contribution in [0.2, 0.25) is 5.02 Å². The van der Waals surface area contributed by atoms with Crippen LogP contribution in [-0.4, -0.2) is 34.9 Å². The Morgan fingerprint density at radius 3 is 2.88 bits per heavy atom. The number of nitrogens with one attached hydrogen (secondary N) is 1. The molecule has 2 heterocycles. The molecule has 1 atom stereocenters. The summed E-state index contributed by atoms with van der Waals surface area (Å²) in [5.41, 5.74) is 1.85. The molecule has 1 saturated heterocycles. The lowest BCUT2D eigenvalue weighted by atomic mass is 10.1. The third-order valence-corrected chi connectivity index (χ3v) is 4.47. The van der Waals surface area contributed by atoms with Crippen LogP contribution >= 0.6 is 11.6 Å². The summed E-state index contributed by atoms with van der Waals surface area (Å²) in [5.74, 6) is 1.52. The molecule has 0 spiro atoms. The van der Waals surface area contributed by atoms with Crippen LogP contribution in [0.1, 0.15) is 31.4 Å². The van der Waals surface area contributed by atoms with Gasteiger partial charge in [0.05, 0.1) is 12.2 Å². The van der Waals surface area contributed by atoms with Crippen molar-refractivity contribution in [3.05, 3.63) is 40.9 Å². The van der Waals surface area contributed by atoms with Crippen molar-refractivity contribution in [2.75, 3.05) is 13.1 Å². The predicted molar refractivity (Wildman–Crippen MR) is 93.8 cm³/mol. The smallest absolute Gasteiger partial charge is 0.217 e. The van der Waals surface area contributed by atoms with Gasteiger partial charge in [-0.25, -0.2) is 4.98 Å². The van der Waals surface area contributed by atoms with Gasteiger partial charge >= 0.3 is 0 Å². The summed E-state index contributed by atoms with van der Waals surface area (Å²) >= 11 is 5.94. The number of hydrogen-bond donors (Lipinski definition) is 1. The Hall–Kier alpha value is -1.85. The number of amides is 1. The molecule has 128 valence electrons. The molecule has 0 aliphatic carbocycles. The standard InChI is InChI=1S/C18H22ClN3O2/c1-12-18(14-5-7-15(19)8-6-14)24-17(20-12)11-22-9-3-4-16(10-22)21-13(2)23/h5-8,16H,3-4,9-11H2,1-2H3,(H,21,23)/t16-/m1/s1. The molecule has 1 aromatic carbocycles. The van der Waals surface area contributed by atoms with Crippen LogP contribution in [0, 0.1) is 6.92 Å². The van der Waals surface area contributed by atoms with Gasteiger partial charge in [-0.05, 0) is 50.6 Å². The first kappa shape index (κ1) is 17.0. The van der Waals surface area contributed by atoms with Gasteiger partial charge in [0.2, 0.25) is 11.8 Å². The van der Waals surface area contributed by atoms with Gasteiger partial charge < -0.3 is 9.73 Å². The van der Waals surface area contributed by atoms with E-state index in [0.29, 0.717) is 17.5 Å². The Labute approximate surface area is 147 Å². The number of nitrogens with zero attached hydrogens (tertiary/aromatic N) is 2. The number of rotatable bonds is 4. The number of aryl methyl sites for hydroxylation is 1. The Morgan fingerprint density at radius 2 is 2.17 bits per heavy atom. The van der Waals surface area contributed by atoms with Gasteiger partial charge in [-0.15, -0.1) is 0 Å². The molecule has 1 aromatic heterocycles. The first-order chi connectivity index (χ1) is 11.5. The average Bonchev–Trinajstić information content (AvgIpc) is 2.88. The highest BCUT2D eigenvalue weighted by Gasteiger charge is 2.22. The maximum atomic E-state index is 11.2. The Morgan fingerprint density at radius 1 is 1.42 bits per heavy atom. The minimum atomic E-state index is 0.0267. The Bertz CT molecular complexity index is 712. The highest BCUT2D eigenvalue weighted by molar-refractivity contribution is 6.30. The van der Waals surface area contributed by atoms with E-state index in [2.05, 4.69) is 15.2 Å². The normalized spacial score (nSPS) is 18.5. The number of hydrogen-bond acceptors (Lipinski definition) is 4. The Balaban J connectivity index is 1.68. The number of carbonyl (C=O) groups excluding carboxylic acids is 1. The molecule has 6 heteroatoms. The van der Waals surface area contributed by atoms with Crippen molar-refractivity contribution in [1.82, 2.24) is 15.2 Å². The van der Waals surface area contributed by atoms with Gasteiger partial charge in [-0.2, -0.15) is 0 Å². The first-order valence-electron chi connectivity index (χ1n) is 8.23. The maximum absolute atomic E-state index is 11.2. The summed E-state index contributed by atoms with van der Waals surface area (Å²) in [6.45, 7) is 6.00. The molecule has 0 unspecified atom stereocenters. The zero-order valence-corrected chi connectivity index (χ0v) is 14.8. The van der Waals surface area contributed by atoms with Crippen LogP contribution in [0.3, 0.4) is 0 Å². The van der Waals surface area contributed by atoms with E-state index in [9.17, 15) is 4.79 Å². The van der Waals surface area contributed by atoms with Crippen molar-refractivity contribution in [3.63, 3.8) is 0 Å². The quantitative estimate of drug-likeness (QED) is 0.920. The van der Waals surface area contributed by atoms with Gasteiger partial charge in [-0.3, -0.25) is 9.69 Å². The van der Waals surface area contributed by atoms with Crippen LogP contribution < -0.4 is 5.32 Å². The first-order valence-corrected chi connectivity index (χ1v) is 8.61.